The first kappa shape index (κ1) is 20.8. The summed E-state index contributed by atoms with van der Waals surface area (Å²) in [5.74, 6) is 0.539. The van der Waals surface area contributed by atoms with Crippen LogP contribution in [0, 0.1) is 0 Å². The minimum Gasteiger partial charge on any atom is -0.294 e. The van der Waals surface area contributed by atoms with Crippen LogP contribution in [0.4, 0.5) is 5.13 Å². The van der Waals surface area contributed by atoms with E-state index in [2.05, 4.69) is 17.1 Å². The zero-order valence-corrected chi connectivity index (χ0v) is 18.9. The number of aromatic nitrogens is 2. The van der Waals surface area contributed by atoms with Crippen LogP contribution in [0.5, 0.6) is 0 Å². The fourth-order valence-electron chi connectivity index (χ4n) is 3.81. The van der Waals surface area contributed by atoms with Crippen LogP contribution >= 0.6 is 46.3 Å². The number of Topliss-reactive ketones (excluding diaryl/α,β-unsaturated/α-hetero) is 1. The van der Waals surface area contributed by atoms with Crippen molar-refractivity contribution in [3.63, 3.8) is 0 Å². The highest BCUT2D eigenvalue weighted by Gasteiger charge is 2.41. The van der Waals surface area contributed by atoms with Gasteiger partial charge >= 0.3 is 0 Å². The van der Waals surface area contributed by atoms with Crippen molar-refractivity contribution < 1.29 is 9.59 Å². The Morgan fingerprint density at radius 3 is 2.86 bits per heavy atom. The van der Waals surface area contributed by atoms with Gasteiger partial charge in [-0.1, -0.05) is 65.4 Å². The molecular weight excluding hydrogens is 449 g/mol. The van der Waals surface area contributed by atoms with Crippen molar-refractivity contribution in [1.29, 1.82) is 0 Å². The highest BCUT2D eigenvalue weighted by atomic mass is 35.5. The maximum Gasteiger partial charge on any atom is 0.234 e. The fraction of sp³-hybridized carbons (Fsp3) is 0.400. The van der Waals surface area contributed by atoms with E-state index >= 15 is 0 Å². The number of hydrogen-bond acceptors (Lipinski definition) is 6. The van der Waals surface area contributed by atoms with Gasteiger partial charge in [0.2, 0.25) is 11.0 Å². The summed E-state index contributed by atoms with van der Waals surface area (Å²) in [4.78, 5) is 27.7. The standard InChI is InChI=1S/C20H19Cl2N3O2S2/c1-2-9-28-20-24-23-19(29-20)25-14-7-4-8-15(26)17(14)12(10-16(25)27)11-5-3-6-13(21)18(11)22/h3,5-6,12H,2,4,7-10H2,1H3/t12-/m1/s1. The van der Waals surface area contributed by atoms with Gasteiger partial charge in [0.15, 0.2) is 10.1 Å². The second kappa shape index (κ2) is 8.76. The van der Waals surface area contributed by atoms with E-state index in [1.54, 1.807) is 28.8 Å². The molecule has 1 amide bonds. The summed E-state index contributed by atoms with van der Waals surface area (Å²) < 4.78 is 0.832. The molecule has 4 rings (SSSR count). The van der Waals surface area contributed by atoms with Crippen molar-refractivity contribution in [2.75, 3.05) is 10.7 Å². The zero-order valence-electron chi connectivity index (χ0n) is 15.8. The summed E-state index contributed by atoms with van der Waals surface area (Å²) in [6, 6.07) is 5.35. The van der Waals surface area contributed by atoms with E-state index in [4.69, 9.17) is 23.2 Å². The highest BCUT2D eigenvalue weighted by Crippen LogP contribution is 2.46. The fourth-order valence-corrected chi connectivity index (χ4v) is 6.06. The van der Waals surface area contributed by atoms with Crippen molar-refractivity contribution in [2.24, 2.45) is 0 Å². The zero-order chi connectivity index (χ0) is 20.5. The van der Waals surface area contributed by atoms with Crippen LogP contribution in [0.2, 0.25) is 10.0 Å². The molecule has 29 heavy (non-hydrogen) atoms. The second-order valence-electron chi connectivity index (χ2n) is 6.97. The SMILES string of the molecule is CCCSc1nnc(N2C(=O)C[C@H](c3cccc(Cl)c3Cl)C3=C2CCCC3=O)s1. The largest absolute Gasteiger partial charge is 0.294 e. The molecule has 0 unspecified atom stereocenters. The van der Waals surface area contributed by atoms with Gasteiger partial charge in [-0.05, 0) is 30.9 Å². The van der Waals surface area contributed by atoms with Crippen LogP contribution in [0.3, 0.4) is 0 Å². The Balaban J connectivity index is 1.79. The van der Waals surface area contributed by atoms with Gasteiger partial charge in [-0.2, -0.15) is 0 Å². The molecule has 1 atom stereocenters. The lowest BCUT2D eigenvalue weighted by atomic mass is 9.77. The lowest BCUT2D eigenvalue weighted by molar-refractivity contribution is -0.119. The van der Waals surface area contributed by atoms with Crippen molar-refractivity contribution >= 4 is 63.1 Å². The number of halogens is 2. The molecule has 2 aliphatic rings. The Hall–Kier alpha value is -1.41. The van der Waals surface area contributed by atoms with E-state index in [1.165, 1.54) is 11.3 Å². The third-order valence-electron chi connectivity index (χ3n) is 5.05. The van der Waals surface area contributed by atoms with Crippen LogP contribution in [-0.2, 0) is 9.59 Å². The van der Waals surface area contributed by atoms with Crippen LogP contribution in [0.1, 0.15) is 50.5 Å². The number of allylic oxidation sites excluding steroid dienone is 2. The number of hydrogen-bond donors (Lipinski definition) is 0. The molecule has 2 heterocycles. The number of benzene rings is 1. The molecule has 1 aromatic carbocycles. The van der Waals surface area contributed by atoms with Gasteiger partial charge in [0.25, 0.3) is 0 Å². The van der Waals surface area contributed by atoms with Gasteiger partial charge in [0, 0.05) is 35.8 Å². The van der Waals surface area contributed by atoms with E-state index in [9.17, 15) is 9.59 Å². The van der Waals surface area contributed by atoms with Gasteiger partial charge in [-0.15, -0.1) is 10.2 Å². The topological polar surface area (TPSA) is 63.2 Å². The first-order valence-corrected chi connectivity index (χ1v) is 12.1. The highest BCUT2D eigenvalue weighted by molar-refractivity contribution is 8.01. The quantitative estimate of drug-likeness (QED) is 0.405. The first-order valence-electron chi connectivity index (χ1n) is 9.50. The molecule has 0 spiro atoms. The third kappa shape index (κ3) is 3.98. The van der Waals surface area contributed by atoms with Crippen molar-refractivity contribution in [1.82, 2.24) is 10.2 Å². The second-order valence-corrected chi connectivity index (χ2v) is 10.0. The van der Waals surface area contributed by atoms with Crippen LogP contribution in [0.25, 0.3) is 0 Å². The van der Waals surface area contributed by atoms with Gasteiger partial charge < -0.3 is 0 Å². The van der Waals surface area contributed by atoms with E-state index in [1.807, 2.05) is 6.07 Å². The summed E-state index contributed by atoms with van der Waals surface area (Å²) >= 11 is 15.7. The predicted molar refractivity (Wildman–Crippen MR) is 118 cm³/mol. The number of carbonyl (C=O) groups is 2. The number of nitrogens with zero attached hydrogens (tertiary/aromatic N) is 3. The van der Waals surface area contributed by atoms with Crippen molar-refractivity contribution in [3.8, 4) is 0 Å². The summed E-state index contributed by atoms with van der Waals surface area (Å²) in [6.07, 6.45) is 3.03. The molecule has 0 bridgehead atoms. The minimum absolute atomic E-state index is 0.0647. The Kier molecular flexibility index (Phi) is 6.30. The molecule has 2 aromatic rings. The predicted octanol–water partition coefficient (Wildman–Crippen LogP) is 5.87. The van der Waals surface area contributed by atoms with E-state index < -0.39 is 0 Å². The average Bonchev–Trinajstić information content (AvgIpc) is 3.16. The molecule has 0 fully saturated rings. The van der Waals surface area contributed by atoms with Gasteiger partial charge in [-0.3, -0.25) is 14.5 Å². The molecule has 0 saturated carbocycles. The van der Waals surface area contributed by atoms with E-state index in [0.717, 1.165) is 27.8 Å². The first-order chi connectivity index (χ1) is 14.0. The van der Waals surface area contributed by atoms with Crippen molar-refractivity contribution in [3.05, 3.63) is 45.1 Å². The van der Waals surface area contributed by atoms with Crippen LogP contribution in [0.15, 0.2) is 33.8 Å². The van der Waals surface area contributed by atoms with Gasteiger partial charge in [0.1, 0.15) is 0 Å². The Morgan fingerprint density at radius 2 is 2.07 bits per heavy atom. The number of thioether (sulfide) groups is 1. The monoisotopic (exact) mass is 467 g/mol. The molecule has 5 nitrogen and oxygen atoms in total. The van der Waals surface area contributed by atoms with Gasteiger partial charge in [-0.25, -0.2) is 0 Å². The lowest BCUT2D eigenvalue weighted by Crippen LogP contribution is -2.40. The molecule has 9 heteroatoms. The maximum atomic E-state index is 13.2. The smallest absolute Gasteiger partial charge is 0.234 e. The molecule has 0 radical (unpaired) electrons. The Morgan fingerprint density at radius 1 is 1.24 bits per heavy atom. The third-order valence-corrected chi connectivity index (χ3v) is 8.13. The van der Waals surface area contributed by atoms with E-state index in [-0.39, 0.29) is 24.0 Å². The number of carbonyl (C=O) groups excluding carboxylic acids is 2. The molecule has 1 aliphatic carbocycles. The Bertz CT molecular complexity index is 1010. The maximum absolute atomic E-state index is 13.2. The van der Waals surface area contributed by atoms with E-state index in [0.29, 0.717) is 40.0 Å². The number of rotatable bonds is 5. The molecule has 1 aromatic heterocycles. The molecule has 152 valence electrons. The van der Waals surface area contributed by atoms with Crippen molar-refractivity contribution in [2.45, 2.75) is 49.3 Å². The molecule has 0 N–H and O–H groups in total. The van der Waals surface area contributed by atoms with Crippen LogP contribution in [-0.4, -0.2) is 27.6 Å². The molecule has 0 saturated heterocycles. The number of ketones is 1. The summed E-state index contributed by atoms with van der Waals surface area (Å²) in [5, 5.41) is 9.82. The summed E-state index contributed by atoms with van der Waals surface area (Å²) in [5.41, 5.74) is 2.13. The number of amides is 1. The molecule has 1 aliphatic heterocycles. The average molecular weight is 468 g/mol. The van der Waals surface area contributed by atoms with Crippen LogP contribution < -0.4 is 4.90 Å². The lowest BCUT2D eigenvalue weighted by Gasteiger charge is -2.37. The molecular formula is C20H19Cl2N3O2S2. The van der Waals surface area contributed by atoms with Gasteiger partial charge in [0.05, 0.1) is 10.0 Å². The number of anilines is 1. The minimum atomic E-state index is -0.380. The Labute approximate surface area is 187 Å². The summed E-state index contributed by atoms with van der Waals surface area (Å²) in [7, 11) is 0. The summed E-state index contributed by atoms with van der Waals surface area (Å²) in [6.45, 7) is 2.11. The normalized spacial score (nSPS) is 19.7.